The number of benzene rings is 2. The molecule has 0 aliphatic heterocycles. The minimum atomic E-state index is -1.83. The molecule has 0 atom stereocenters. The van der Waals surface area contributed by atoms with Crippen LogP contribution in [-0.2, 0) is 0 Å². The van der Waals surface area contributed by atoms with Crippen LogP contribution in [0.25, 0.3) is 11.1 Å². The van der Waals surface area contributed by atoms with Crippen molar-refractivity contribution in [2.24, 2.45) is 5.73 Å². The highest BCUT2D eigenvalue weighted by molar-refractivity contribution is 6.90. The monoisotopic (exact) mass is 393 g/mol. The maximum Gasteiger partial charge on any atom is 0.249 e. The molecule has 28 heavy (non-hydrogen) atoms. The van der Waals surface area contributed by atoms with E-state index in [4.69, 9.17) is 5.73 Å². The SMILES string of the molecule is CC(C)[Si](C#Cc1ccc(-c2ccccc2C(N)=O)c(O)c1)(C(C)C)C(C)C. The van der Waals surface area contributed by atoms with Gasteiger partial charge >= 0.3 is 0 Å². The van der Waals surface area contributed by atoms with Crippen LogP contribution in [0.3, 0.4) is 0 Å². The summed E-state index contributed by atoms with van der Waals surface area (Å²) >= 11 is 0. The second-order valence-electron chi connectivity index (χ2n) is 8.29. The van der Waals surface area contributed by atoms with Gasteiger partial charge in [0.05, 0.1) is 0 Å². The summed E-state index contributed by atoms with van der Waals surface area (Å²) in [7, 11) is -1.83. The number of carbonyl (C=O) groups is 1. The maximum absolute atomic E-state index is 11.7. The largest absolute Gasteiger partial charge is 0.507 e. The van der Waals surface area contributed by atoms with Crippen molar-refractivity contribution in [2.75, 3.05) is 0 Å². The Bertz CT molecular complexity index is 898. The van der Waals surface area contributed by atoms with E-state index in [-0.39, 0.29) is 5.75 Å². The highest BCUT2D eigenvalue weighted by Crippen LogP contribution is 2.41. The molecule has 0 fully saturated rings. The van der Waals surface area contributed by atoms with E-state index < -0.39 is 14.0 Å². The van der Waals surface area contributed by atoms with Crippen molar-refractivity contribution in [1.29, 1.82) is 0 Å². The standard InChI is InChI=1S/C24H31NO2Si/c1-16(2)28(17(3)4,18(5)6)14-13-19-11-12-21(23(26)15-19)20-9-7-8-10-22(20)24(25)27/h7-12,15-18,26H,1-6H3,(H2,25,27). The number of hydrogen-bond acceptors (Lipinski definition) is 2. The summed E-state index contributed by atoms with van der Waals surface area (Å²) in [5.41, 5.74) is 13.2. The van der Waals surface area contributed by atoms with Crippen molar-refractivity contribution in [1.82, 2.24) is 0 Å². The van der Waals surface area contributed by atoms with Crippen LogP contribution in [0.2, 0.25) is 16.6 Å². The third-order valence-electron chi connectivity index (χ3n) is 5.77. The molecular weight excluding hydrogens is 362 g/mol. The topological polar surface area (TPSA) is 63.3 Å². The van der Waals surface area contributed by atoms with E-state index in [9.17, 15) is 9.90 Å². The van der Waals surface area contributed by atoms with Gasteiger partial charge in [-0.25, -0.2) is 0 Å². The summed E-state index contributed by atoms with van der Waals surface area (Å²) in [6.07, 6.45) is 0. The number of primary amides is 1. The number of amides is 1. The molecule has 0 radical (unpaired) electrons. The number of hydrogen-bond donors (Lipinski definition) is 2. The van der Waals surface area contributed by atoms with E-state index in [0.717, 1.165) is 5.56 Å². The summed E-state index contributed by atoms with van der Waals surface area (Å²) in [4.78, 5) is 11.7. The van der Waals surface area contributed by atoms with E-state index in [2.05, 4.69) is 53.0 Å². The number of carbonyl (C=O) groups excluding carboxylic acids is 1. The zero-order chi connectivity index (χ0) is 21.1. The molecule has 3 nitrogen and oxygen atoms in total. The van der Waals surface area contributed by atoms with E-state index in [1.165, 1.54) is 0 Å². The van der Waals surface area contributed by atoms with Crippen LogP contribution in [-0.4, -0.2) is 19.1 Å². The summed E-state index contributed by atoms with van der Waals surface area (Å²) < 4.78 is 0. The molecule has 148 valence electrons. The number of aromatic hydroxyl groups is 1. The molecule has 0 unspecified atom stereocenters. The summed E-state index contributed by atoms with van der Waals surface area (Å²) in [5, 5.41) is 10.6. The van der Waals surface area contributed by atoms with Gasteiger partial charge in [-0.1, -0.05) is 65.7 Å². The molecule has 0 spiro atoms. The number of phenols is 1. The normalized spacial score (nSPS) is 11.6. The first kappa shape index (κ1) is 21.8. The lowest BCUT2D eigenvalue weighted by molar-refractivity contribution is 0.100. The van der Waals surface area contributed by atoms with Gasteiger partial charge in [0.15, 0.2) is 0 Å². The summed E-state index contributed by atoms with van der Waals surface area (Å²) in [6, 6.07) is 12.4. The number of phenolic OH excluding ortho intramolecular Hbond substituents is 1. The Hall–Kier alpha value is -2.51. The van der Waals surface area contributed by atoms with E-state index in [1.54, 1.807) is 24.3 Å². The first-order chi connectivity index (χ1) is 13.1. The Kier molecular flexibility index (Phi) is 6.74. The van der Waals surface area contributed by atoms with Gasteiger partial charge in [-0.2, -0.15) is 0 Å². The first-order valence-corrected chi connectivity index (χ1v) is 12.1. The van der Waals surface area contributed by atoms with Crippen molar-refractivity contribution in [3.05, 3.63) is 53.6 Å². The Morgan fingerprint density at radius 3 is 2.00 bits per heavy atom. The average molecular weight is 394 g/mol. The highest BCUT2D eigenvalue weighted by atomic mass is 28.3. The molecule has 0 saturated carbocycles. The Balaban J connectivity index is 2.50. The zero-order valence-electron chi connectivity index (χ0n) is 17.7. The molecule has 1 amide bonds. The molecule has 0 aliphatic carbocycles. The van der Waals surface area contributed by atoms with Crippen LogP contribution in [0.5, 0.6) is 5.75 Å². The second-order valence-corrected chi connectivity index (χ2v) is 13.9. The van der Waals surface area contributed by atoms with Gasteiger partial charge in [-0.3, -0.25) is 4.79 Å². The molecule has 0 bridgehead atoms. The van der Waals surface area contributed by atoms with E-state index in [0.29, 0.717) is 33.3 Å². The highest BCUT2D eigenvalue weighted by Gasteiger charge is 2.41. The van der Waals surface area contributed by atoms with Gasteiger partial charge < -0.3 is 10.8 Å². The molecule has 4 heteroatoms. The van der Waals surface area contributed by atoms with Crippen LogP contribution >= 0.6 is 0 Å². The summed E-state index contributed by atoms with van der Waals surface area (Å²) in [5.74, 6) is 2.94. The fourth-order valence-corrected chi connectivity index (χ4v) is 9.61. The molecule has 2 aromatic rings. The molecule has 0 heterocycles. The lowest BCUT2D eigenvalue weighted by Crippen LogP contribution is -2.43. The third-order valence-corrected chi connectivity index (χ3v) is 12.1. The van der Waals surface area contributed by atoms with Crippen LogP contribution in [0, 0.1) is 11.5 Å². The van der Waals surface area contributed by atoms with Crippen molar-refractivity contribution < 1.29 is 9.90 Å². The fraction of sp³-hybridized carbons (Fsp3) is 0.375. The van der Waals surface area contributed by atoms with Crippen molar-refractivity contribution in [3.8, 4) is 28.3 Å². The van der Waals surface area contributed by atoms with E-state index >= 15 is 0 Å². The number of nitrogens with two attached hydrogens (primary N) is 1. The smallest absolute Gasteiger partial charge is 0.249 e. The van der Waals surface area contributed by atoms with Crippen LogP contribution in [0.1, 0.15) is 57.5 Å². The Morgan fingerprint density at radius 2 is 1.50 bits per heavy atom. The molecule has 2 rings (SSSR count). The molecule has 3 N–H and O–H groups in total. The minimum Gasteiger partial charge on any atom is -0.507 e. The molecule has 0 saturated heterocycles. The van der Waals surface area contributed by atoms with Crippen molar-refractivity contribution >= 4 is 14.0 Å². The van der Waals surface area contributed by atoms with Crippen molar-refractivity contribution in [2.45, 2.75) is 58.2 Å². The van der Waals surface area contributed by atoms with Crippen LogP contribution in [0.4, 0.5) is 0 Å². The van der Waals surface area contributed by atoms with Gasteiger partial charge in [0.1, 0.15) is 13.8 Å². The quantitative estimate of drug-likeness (QED) is 0.503. The molecule has 2 aromatic carbocycles. The summed E-state index contributed by atoms with van der Waals surface area (Å²) in [6.45, 7) is 13.7. The number of rotatable bonds is 5. The second kappa shape index (κ2) is 8.66. The Labute approximate surface area is 170 Å². The zero-order valence-corrected chi connectivity index (χ0v) is 18.7. The lowest BCUT2D eigenvalue weighted by Gasteiger charge is -2.38. The predicted octanol–water partition coefficient (Wildman–Crippen LogP) is 5.73. The van der Waals surface area contributed by atoms with Gasteiger partial charge in [0.2, 0.25) is 5.91 Å². The minimum absolute atomic E-state index is 0.103. The van der Waals surface area contributed by atoms with Gasteiger partial charge in [0, 0.05) is 16.7 Å². The van der Waals surface area contributed by atoms with Gasteiger partial charge in [-0.05, 0) is 46.5 Å². The van der Waals surface area contributed by atoms with Gasteiger partial charge in [0.25, 0.3) is 0 Å². The molecular formula is C24H31NO2Si. The Morgan fingerprint density at radius 1 is 0.929 bits per heavy atom. The maximum atomic E-state index is 11.7. The molecule has 0 aliphatic rings. The first-order valence-electron chi connectivity index (χ1n) is 9.86. The predicted molar refractivity (Wildman–Crippen MR) is 120 cm³/mol. The van der Waals surface area contributed by atoms with Gasteiger partial charge in [-0.15, -0.1) is 5.54 Å². The van der Waals surface area contributed by atoms with Crippen LogP contribution in [0.15, 0.2) is 42.5 Å². The van der Waals surface area contributed by atoms with Crippen molar-refractivity contribution in [3.63, 3.8) is 0 Å². The van der Waals surface area contributed by atoms with Crippen LogP contribution < -0.4 is 5.73 Å². The lowest BCUT2D eigenvalue weighted by atomic mass is 9.97. The third kappa shape index (κ3) is 4.15. The average Bonchev–Trinajstić information content (AvgIpc) is 2.61. The fourth-order valence-electron chi connectivity index (χ4n) is 4.38. The van der Waals surface area contributed by atoms with E-state index in [1.807, 2.05) is 18.2 Å². The molecule has 0 aromatic heterocycles.